The highest BCUT2D eigenvalue weighted by Gasteiger charge is 2.38. The number of pyridine rings is 1. The van der Waals surface area contributed by atoms with Crippen molar-refractivity contribution in [2.45, 2.75) is 56.6 Å². The quantitative estimate of drug-likeness (QED) is 0.275. The van der Waals surface area contributed by atoms with Crippen molar-refractivity contribution in [1.82, 2.24) is 24.8 Å². The number of aryl methyl sites for hydroxylation is 1. The minimum atomic E-state index is 0. The van der Waals surface area contributed by atoms with Crippen LogP contribution in [0.3, 0.4) is 0 Å². The molecule has 1 saturated heterocycles. The van der Waals surface area contributed by atoms with Crippen LogP contribution in [0.4, 0.5) is 0 Å². The smallest absolute Gasteiger partial charge is 0.193 e. The van der Waals surface area contributed by atoms with Gasteiger partial charge in [0.1, 0.15) is 5.82 Å². The zero-order valence-corrected chi connectivity index (χ0v) is 20.5. The van der Waals surface area contributed by atoms with Crippen LogP contribution in [0.15, 0.2) is 29.4 Å². The van der Waals surface area contributed by atoms with Gasteiger partial charge in [0, 0.05) is 49.3 Å². The van der Waals surface area contributed by atoms with Gasteiger partial charge in [0.15, 0.2) is 11.6 Å². The molecule has 3 heterocycles. The molecule has 0 atom stereocenters. The molecule has 0 unspecified atom stereocenters. The molecule has 2 aromatic rings. The third-order valence-electron chi connectivity index (χ3n) is 5.85. The molecule has 1 spiro atoms. The first-order chi connectivity index (χ1) is 13.8. The number of hydrogen-bond acceptors (Lipinski definition) is 4. The Labute approximate surface area is 195 Å². The molecule has 1 aliphatic heterocycles. The molecule has 0 radical (unpaired) electrons. The molecule has 4 rings (SSSR count). The molecule has 8 heteroatoms. The lowest BCUT2D eigenvalue weighted by atomic mass is 9.87. The Balaban J connectivity index is 0.00000240. The summed E-state index contributed by atoms with van der Waals surface area (Å²) in [5.74, 6) is 3.33. The van der Waals surface area contributed by atoms with Crippen LogP contribution in [-0.2, 0) is 6.42 Å². The molecule has 0 bridgehead atoms. The molecule has 6 nitrogen and oxygen atoms in total. The second-order valence-electron chi connectivity index (χ2n) is 7.90. The summed E-state index contributed by atoms with van der Waals surface area (Å²) in [7, 11) is 0. The SMILES string of the molecule is CCNC(=NCCCc1nnc2ccccn12)N1CCSC2(CCCCC2)C1.I. The van der Waals surface area contributed by atoms with Gasteiger partial charge in [0.2, 0.25) is 0 Å². The topological polar surface area (TPSA) is 57.8 Å². The Morgan fingerprint density at radius 1 is 1.24 bits per heavy atom. The van der Waals surface area contributed by atoms with Crippen molar-refractivity contribution in [1.29, 1.82) is 0 Å². The average molecular weight is 529 g/mol. The van der Waals surface area contributed by atoms with Gasteiger partial charge in [-0.15, -0.1) is 34.2 Å². The van der Waals surface area contributed by atoms with Gasteiger partial charge in [-0.1, -0.05) is 25.3 Å². The van der Waals surface area contributed by atoms with Crippen LogP contribution in [0.25, 0.3) is 5.65 Å². The highest BCUT2D eigenvalue weighted by atomic mass is 127. The molecule has 2 fully saturated rings. The number of aliphatic imine (C=N–C) groups is 1. The van der Waals surface area contributed by atoms with E-state index in [1.165, 1.54) is 37.9 Å². The first-order valence-corrected chi connectivity index (χ1v) is 11.7. The van der Waals surface area contributed by atoms with Crippen molar-refractivity contribution in [3.05, 3.63) is 30.2 Å². The summed E-state index contributed by atoms with van der Waals surface area (Å²) in [6.45, 7) is 6.16. The number of hydrogen-bond donors (Lipinski definition) is 1. The number of nitrogens with one attached hydrogen (secondary N) is 1. The molecule has 2 aromatic heterocycles. The fraction of sp³-hybridized carbons (Fsp3) is 0.667. The Bertz CT molecular complexity index is 796. The molecule has 1 N–H and O–H groups in total. The van der Waals surface area contributed by atoms with E-state index in [1.807, 2.05) is 24.4 Å². The number of thioether (sulfide) groups is 1. The van der Waals surface area contributed by atoms with Gasteiger partial charge < -0.3 is 10.2 Å². The van der Waals surface area contributed by atoms with Gasteiger partial charge in [-0.25, -0.2) is 0 Å². The number of fused-ring (bicyclic) bond motifs is 1. The summed E-state index contributed by atoms with van der Waals surface area (Å²) in [4.78, 5) is 7.47. The summed E-state index contributed by atoms with van der Waals surface area (Å²) in [5.41, 5.74) is 0.915. The maximum absolute atomic E-state index is 4.96. The minimum Gasteiger partial charge on any atom is -0.357 e. The predicted octanol–water partition coefficient (Wildman–Crippen LogP) is 4.00. The van der Waals surface area contributed by atoms with Crippen LogP contribution in [0, 0.1) is 0 Å². The molecular formula is C21H33IN6S. The average Bonchev–Trinajstić information content (AvgIpc) is 3.14. The molecule has 29 heavy (non-hydrogen) atoms. The fourth-order valence-electron chi connectivity index (χ4n) is 4.43. The van der Waals surface area contributed by atoms with E-state index in [1.54, 1.807) is 0 Å². The van der Waals surface area contributed by atoms with Crippen molar-refractivity contribution < 1.29 is 0 Å². The fourth-order valence-corrected chi connectivity index (χ4v) is 6.00. The predicted molar refractivity (Wildman–Crippen MR) is 133 cm³/mol. The second kappa shape index (κ2) is 10.8. The lowest BCUT2D eigenvalue weighted by Gasteiger charge is -2.45. The van der Waals surface area contributed by atoms with Crippen LogP contribution in [-0.4, -0.2) is 62.1 Å². The first kappa shape index (κ1) is 22.7. The van der Waals surface area contributed by atoms with E-state index in [9.17, 15) is 0 Å². The minimum absolute atomic E-state index is 0. The Kier molecular flexibility index (Phi) is 8.46. The number of aromatic nitrogens is 3. The molecule has 1 saturated carbocycles. The zero-order chi connectivity index (χ0) is 19.2. The maximum Gasteiger partial charge on any atom is 0.193 e. The van der Waals surface area contributed by atoms with E-state index in [2.05, 4.69) is 43.5 Å². The van der Waals surface area contributed by atoms with Crippen molar-refractivity contribution in [2.24, 2.45) is 4.99 Å². The van der Waals surface area contributed by atoms with Gasteiger partial charge >= 0.3 is 0 Å². The van der Waals surface area contributed by atoms with Gasteiger partial charge in [0.05, 0.1) is 0 Å². The monoisotopic (exact) mass is 528 g/mol. The van der Waals surface area contributed by atoms with Crippen molar-refractivity contribution >= 4 is 47.3 Å². The molecule has 2 aliphatic rings. The molecule has 0 aromatic carbocycles. The van der Waals surface area contributed by atoms with Gasteiger partial charge in [-0.05, 0) is 38.3 Å². The Morgan fingerprint density at radius 2 is 2.10 bits per heavy atom. The largest absolute Gasteiger partial charge is 0.357 e. The lowest BCUT2D eigenvalue weighted by molar-refractivity contribution is 0.293. The summed E-state index contributed by atoms with van der Waals surface area (Å²) >= 11 is 2.21. The van der Waals surface area contributed by atoms with E-state index in [4.69, 9.17) is 4.99 Å². The second-order valence-corrected chi connectivity index (χ2v) is 9.46. The van der Waals surface area contributed by atoms with Crippen molar-refractivity contribution in [2.75, 3.05) is 31.9 Å². The third-order valence-corrected chi connectivity index (χ3v) is 7.39. The zero-order valence-electron chi connectivity index (χ0n) is 17.3. The third kappa shape index (κ3) is 5.57. The summed E-state index contributed by atoms with van der Waals surface area (Å²) < 4.78 is 2.54. The highest BCUT2D eigenvalue weighted by molar-refractivity contribution is 14.0. The first-order valence-electron chi connectivity index (χ1n) is 10.8. The summed E-state index contributed by atoms with van der Waals surface area (Å²) in [5, 5.41) is 12.1. The summed E-state index contributed by atoms with van der Waals surface area (Å²) in [6.07, 6.45) is 10.8. The van der Waals surface area contributed by atoms with Gasteiger partial charge in [0.25, 0.3) is 0 Å². The van der Waals surface area contributed by atoms with Gasteiger partial charge in [-0.2, -0.15) is 11.8 Å². The van der Waals surface area contributed by atoms with E-state index >= 15 is 0 Å². The summed E-state index contributed by atoms with van der Waals surface area (Å²) in [6, 6.07) is 6.01. The lowest BCUT2D eigenvalue weighted by Crippen LogP contribution is -2.53. The van der Waals surface area contributed by atoms with Crippen molar-refractivity contribution in [3.63, 3.8) is 0 Å². The Morgan fingerprint density at radius 3 is 2.93 bits per heavy atom. The number of rotatable bonds is 5. The number of nitrogens with zero attached hydrogens (tertiary/aromatic N) is 5. The van der Waals surface area contributed by atoms with Crippen LogP contribution in [0.1, 0.15) is 51.3 Å². The molecule has 160 valence electrons. The number of guanidine groups is 1. The van der Waals surface area contributed by atoms with Gasteiger partial charge in [-0.3, -0.25) is 9.39 Å². The van der Waals surface area contributed by atoms with Crippen LogP contribution in [0.2, 0.25) is 0 Å². The molecular weight excluding hydrogens is 495 g/mol. The molecule has 1 aliphatic carbocycles. The maximum atomic E-state index is 4.96. The normalized spacial score (nSPS) is 19.3. The van der Waals surface area contributed by atoms with E-state index in [0.29, 0.717) is 4.75 Å². The van der Waals surface area contributed by atoms with E-state index < -0.39 is 0 Å². The highest BCUT2D eigenvalue weighted by Crippen LogP contribution is 2.42. The van der Waals surface area contributed by atoms with Crippen LogP contribution >= 0.6 is 35.7 Å². The Hall–Kier alpha value is -1.03. The molecule has 0 amide bonds. The van der Waals surface area contributed by atoms with E-state index in [-0.39, 0.29) is 24.0 Å². The standard InChI is InChI=1S/C21H32N6S.HI/c1-2-22-20(26-15-16-28-21(17-26)11-5-3-6-12-21)23-13-8-10-19-25-24-18-9-4-7-14-27(18)19;/h4,7,9,14H,2-3,5-6,8,10-13,15-17H2,1H3,(H,22,23);1H. The van der Waals surface area contributed by atoms with Crippen LogP contribution < -0.4 is 5.32 Å². The van der Waals surface area contributed by atoms with Crippen LogP contribution in [0.5, 0.6) is 0 Å². The number of halogens is 1. The van der Waals surface area contributed by atoms with Crippen molar-refractivity contribution in [3.8, 4) is 0 Å². The van der Waals surface area contributed by atoms with E-state index in [0.717, 1.165) is 56.5 Å².